The van der Waals surface area contributed by atoms with Crippen LogP contribution in [0.4, 0.5) is 5.82 Å². The number of likely N-dealkylation sites (N-methyl/N-ethyl adjacent to an activating group) is 1. The molecule has 1 fully saturated rings. The van der Waals surface area contributed by atoms with E-state index in [9.17, 15) is 0 Å². The van der Waals surface area contributed by atoms with Gasteiger partial charge in [0.15, 0.2) is 0 Å². The van der Waals surface area contributed by atoms with Gasteiger partial charge in [-0.1, -0.05) is 0 Å². The summed E-state index contributed by atoms with van der Waals surface area (Å²) in [5.74, 6) is 1.06. The maximum atomic E-state index is 8.79. The molecule has 18 heavy (non-hydrogen) atoms. The summed E-state index contributed by atoms with van der Waals surface area (Å²) in [6.07, 6.45) is 3.92. The Kier molecular flexibility index (Phi) is 5.42. The van der Waals surface area contributed by atoms with Crippen LogP contribution in [-0.4, -0.2) is 63.6 Å². The van der Waals surface area contributed by atoms with Crippen LogP contribution in [-0.2, 0) is 0 Å². The first kappa shape index (κ1) is 13.8. The molecular formula is C12H21AsN4O. The molecule has 1 aliphatic heterocycles. The van der Waals surface area contributed by atoms with Crippen LogP contribution in [0.1, 0.15) is 12.8 Å². The Bertz CT molecular complexity index is 377. The van der Waals surface area contributed by atoms with Gasteiger partial charge >= 0.3 is 115 Å². The maximum absolute atomic E-state index is 8.79. The van der Waals surface area contributed by atoms with Crippen molar-refractivity contribution in [1.29, 1.82) is 0 Å². The monoisotopic (exact) mass is 312 g/mol. The fourth-order valence-corrected chi connectivity index (χ4v) is 4.02. The predicted molar refractivity (Wildman–Crippen MR) is 75.0 cm³/mol. The van der Waals surface area contributed by atoms with Gasteiger partial charge in [0.05, 0.1) is 0 Å². The average molecular weight is 312 g/mol. The van der Waals surface area contributed by atoms with Crippen molar-refractivity contribution in [2.24, 2.45) is 0 Å². The van der Waals surface area contributed by atoms with Crippen molar-refractivity contribution >= 4 is 26.2 Å². The standard InChI is InChI=1S/C12H21AsN4O/c1-14-10-4-7-17(9-10)11-3-6-15-12(16-11)13-5-2-8-18/h3,6,10,13-14,18H,2,4-5,7-9H2,1H3/t10-/m0/s1. The van der Waals surface area contributed by atoms with Gasteiger partial charge in [-0.3, -0.25) is 0 Å². The summed E-state index contributed by atoms with van der Waals surface area (Å²) in [7, 11) is 2.01. The summed E-state index contributed by atoms with van der Waals surface area (Å²) in [6.45, 7) is 2.38. The molecule has 0 aromatic carbocycles. The van der Waals surface area contributed by atoms with E-state index in [1.54, 1.807) is 0 Å². The molecule has 2 atom stereocenters. The van der Waals surface area contributed by atoms with Crippen LogP contribution in [0.2, 0.25) is 5.21 Å². The molecule has 0 radical (unpaired) electrons. The number of nitrogens with zero attached hydrogens (tertiary/aromatic N) is 3. The molecule has 0 bridgehead atoms. The van der Waals surface area contributed by atoms with Gasteiger partial charge < -0.3 is 0 Å². The zero-order chi connectivity index (χ0) is 12.8. The minimum atomic E-state index is -0.288. The molecule has 1 aromatic heterocycles. The van der Waals surface area contributed by atoms with E-state index in [1.165, 1.54) is 6.42 Å². The third kappa shape index (κ3) is 3.67. The Morgan fingerprint density at radius 2 is 2.50 bits per heavy atom. The van der Waals surface area contributed by atoms with Gasteiger partial charge in [-0.2, -0.15) is 0 Å². The van der Waals surface area contributed by atoms with E-state index in [2.05, 4.69) is 20.2 Å². The van der Waals surface area contributed by atoms with E-state index < -0.39 is 0 Å². The Morgan fingerprint density at radius 1 is 1.61 bits per heavy atom. The summed E-state index contributed by atoms with van der Waals surface area (Å²) in [5.41, 5.74) is 0. The van der Waals surface area contributed by atoms with Crippen molar-refractivity contribution in [1.82, 2.24) is 15.3 Å². The van der Waals surface area contributed by atoms with E-state index in [0.717, 1.165) is 35.1 Å². The van der Waals surface area contributed by atoms with Gasteiger partial charge in [0.1, 0.15) is 0 Å². The van der Waals surface area contributed by atoms with Gasteiger partial charge in [-0.15, -0.1) is 0 Å². The molecule has 2 N–H and O–H groups in total. The number of aliphatic hydroxyl groups is 1. The first-order valence-electron chi connectivity index (χ1n) is 6.43. The number of aromatic nitrogens is 2. The minimum absolute atomic E-state index is 0.277. The molecule has 0 saturated carbocycles. The summed E-state index contributed by atoms with van der Waals surface area (Å²) in [5, 5.41) is 13.2. The number of rotatable bonds is 6. The fourth-order valence-electron chi connectivity index (χ4n) is 2.09. The topological polar surface area (TPSA) is 61.3 Å². The van der Waals surface area contributed by atoms with Gasteiger partial charge in [0.25, 0.3) is 0 Å². The zero-order valence-electron chi connectivity index (χ0n) is 10.8. The molecule has 6 heteroatoms. The quantitative estimate of drug-likeness (QED) is 0.529. The van der Waals surface area contributed by atoms with Crippen LogP contribution in [0.15, 0.2) is 12.3 Å². The molecule has 1 unspecified atom stereocenters. The van der Waals surface area contributed by atoms with Gasteiger partial charge in [0, 0.05) is 0 Å². The van der Waals surface area contributed by atoms with Crippen molar-refractivity contribution < 1.29 is 5.11 Å². The number of anilines is 1. The second-order valence-corrected chi connectivity index (χ2v) is 7.19. The average Bonchev–Trinajstić information content (AvgIpc) is 2.88. The van der Waals surface area contributed by atoms with Gasteiger partial charge in [-0.25, -0.2) is 0 Å². The van der Waals surface area contributed by atoms with Gasteiger partial charge in [-0.05, 0) is 0 Å². The normalized spacial score (nSPS) is 20.1. The first-order chi connectivity index (χ1) is 8.83. The molecule has 100 valence electrons. The molecule has 1 saturated heterocycles. The van der Waals surface area contributed by atoms with Crippen molar-refractivity contribution in [3.8, 4) is 0 Å². The van der Waals surface area contributed by atoms with Crippen molar-refractivity contribution in [3.63, 3.8) is 0 Å². The Morgan fingerprint density at radius 3 is 3.22 bits per heavy atom. The zero-order valence-corrected chi connectivity index (χ0v) is 12.9. The SMILES string of the molecule is CN[C@H]1CCN(c2ccnc([AsH]CCCO)n2)C1. The summed E-state index contributed by atoms with van der Waals surface area (Å²) < 4.78 is 1.01. The van der Waals surface area contributed by atoms with E-state index >= 15 is 0 Å². The van der Waals surface area contributed by atoms with Crippen LogP contribution in [0.3, 0.4) is 0 Å². The molecular weight excluding hydrogens is 291 g/mol. The Labute approximate surface area is 115 Å². The number of hydrogen-bond acceptors (Lipinski definition) is 5. The van der Waals surface area contributed by atoms with Crippen LogP contribution in [0, 0.1) is 0 Å². The van der Waals surface area contributed by atoms with Crippen molar-refractivity contribution in [2.45, 2.75) is 24.1 Å². The molecule has 2 rings (SSSR count). The predicted octanol–water partition coefficient (Wildman–Crippen LogP) is -0.863. The van der Waals surface area contributed by atoms with Crippen LogP contribution >= 0.6 is 0 Å². The van der Waals surface area contributed by atoms with Crippen molar-refractivity contribution in [3.05, 3.63) is 12.3 Å². The second kappa shape index (κ2) is 7.07. The summed E-state index contributed by atoms with van der Waals surface area (Å²) >= 11 is -0.288. The molecule has 1 aromatic rings. The van der Waals surface area contributed by atoms with E-state index in [-0.39, 0.29) is 22.4 Å². The molecule has 0 aliphatic carbocycles. The van der Waals surface area contributed by atoms with Crippen LogP contribution in [0.25, 0.3) is 0 Å². The molecule has 1 aliphatic rings. The summed E-state index contributed by atoms with van der Waals surface area (Å²) in [4.78, 5) is 11.3. The third-order valence-corrected chi connectivity index (χ3v) is 5.61. The Hall–Kier alpha value is -0.642. The van der Waals surface area contributed by atoms with E-state index in [0.29, 0.717) is 6.04 Å². The van der Waals surface area contributed by atoms with Crippen LogP contribution in [0.5, 0.6) is 0 Å². The fraction of sp³-hybridized carbons (Fsp3) is 0.667. The second-order valence-electron chi connectivity index (χ2n) is 4.46. The number of aliphatic hydroxyl groups excluding tert-OH is 1. The molecule has 2 heterocycles. The molecule has 0 spiro atoms. The summed E-state index contributed by atoms with van der Waals surface area (Å²) in [6, 6.07) is 2.58. The third-order valence-electron chi connectivity index (χ3n) is 3.18. The van der Waals surface area contributed by atoms with Crippen molar-refractivity contribution in [2.75, 3.05) is 31.6 Å². The first-order valence-corrected chi connectivity index (χ1v) is 8.96. The molecule has 0 amide bonds. The Balaban J connectivity index is 1.94. The van der Waals surface area contributed by atoms with Crippen LogP contribution < -0.4 is 14.8 Å². The molecule has 5 nitrogen and oxygen atoms in total. The number of hydrogen-bond donors (Lipinski definition) is 2. The van der Waals surface area contributed by atoms with E-state index in [1.807, 2.05) is 19.3 Å². The van der Waals surface area contributed by atoms with E-state index in [4.69, 9.17) is 5.11 Å². The number of nitrogens with one attached hydrogen (secondary N) is 1. The van der Waals surface area contributed by atoms with Gasteiger partial charge in [0.2, 0.25) is 0 Å².